The third kappa shape index (κ3) is 4.74. The minimum Gasteiger partial charge on any atom is -0.354 e. The molecular weight excluding hydrogens is 500 g/mol. The molecule has 7 nitrogen and oxygen atoms in total. The smallest absolute Gasteiger partial charge is 0.354 e. The van der Waals surface area contributed by atoms with E-state index in [-0.39, 0.29) is 36.5 Å². The van der Waals surface area contributed by atoms with Gasteiger partial charge in [0.1, 0.15) is 18.6 Å². The second kappa shape index (κ2) is 9.83. The highest BCUT2D eigenvalue weighted by Gasteiger charge is 2.48. The predicted molar refractivity (Wildman–Crippen MR) is 125 cm³/mol. The van der Waals surface area contributed by atoms with Crippen LogP contribution in [0.1, 0.15) is 5.82 Å². The first-order chi connectivity index (χ1) is 14.9. The minimum absolute atomic E-state index is 0. The molecule has 0 saturated carbocycles. The molecule has 0 bridgehead atoms. The topological polar surface area (TPSA) is 52.6 Å². The first kappa shape index (κ1) is 25.8. The third-order valence-electron chi connectivity index (χ3n) is 6.07. The zero-order chi connectivity index (χ0) is 21.6. The van der Waals surface area contributed by atoms with Crippen LogP contribution in [0.4, 0.5) is 19.0 Å². The lowest BCUT2D eigenvalue weighted by Gasteiger charge is -2.44. The van der Waals surface area contributed by atoms with Crippen molar-refractivity contribution in [1.29, 1.82) is 0 Å². The molecule has 1 atom stereocenters. The molecule has 1 amide bonds. The number of carbonyl (C=O) groups is 1. The first-order valence-corrected chi connectivity index (χ1v) is 11.3. The number of anilines is 1. The highest BCUT2D eigenvalue weighted by Crippen LogP contribution is 2.38. The van der Waals surface area contributed by atoms with Crippen molar-refractivity contribution in [3.8, 4) is 0 Å². The average Bonchev–Trinajstić information content (AvgIpc) is 3.49. The lowest BCUT2D eigenvalue weighted by Crippen LogP contribution is -2.60. The summed E-state index contributed by atoms with van der Waals surface area (Å²) in [6.07, 6.45) is 4.72. The number of piperazine rings is 1. The number of hydrogen-bond donors (Lipinski definition) is 0. The van der Waals surface area contributed by atoms with Gasteiger partial charge in [0.25, 0.3) is 5.91 Å². The van der Waals surface area contributed by atoms with Gasteiger partial charge < -0.3 is 9.80 Å². The van der Waals surface area contributed by atoms with Gasteiger partial charge in [0.05, 0.1) is 24.5 Å². The zero-order valence-electron chi connectivity index (χ0n) is 17.6. The van der Waals surface area contributed by atoms with Crippen LogP contribution < -0.4 is 4.90 Å². The largest absolute Gasteiger partial charge is 0.451 e. The molecule has 180 valence electrons. The third-order valence-corrected chi connectivity index (χ3v) is 7.04. The van der Waals surface area contributed by atoms with Gasteiger partial charge >= 0.3 is 6.18 Å². The summed E-state index contributed by atoms with van der Waals surface area (Å²) in [5, 5.41) is 2.27. The Morgan fingerprint density at radius 3 is 2.55 bits per heavy atom. The standard InChI is InChI=1S/C20H22F3N6OS.2ClH/c21-20(22,23)19-24-4-3-17(25-19)26-5-7-28(8-6-26)29-10-1-2-16(29)12-15(13-29)18(30)27-9-11-31-14-27;;/h1-4,10,12H,5-9,11,13-14H2;2*1H/q+1;;/t29-;;/m1../s1. The Morgan fingerprint density at radius 1 is 1.12 bits per heavy atom. The van der Waals surface area contributed by atoms with Gasteiger partial charge in [-0.25, -0.2) is 9.97 Å². The fourth-order valence-electron chi connectivity index (χ4n) is 4.49. The maximum absolute atomic E-state index is 13.0. The molecule has 4 aliphatic heterocycles. The molecule has 2 saturated heterocycles. The van der Waals surface area contributed by atoms with E-state index in [2.05, 4.69) is 21.2 Å². The summed E-state index contributed by atoms with van der Waals surface area (Å²) >= 11 is 1.77. The fourth-order valence-corrected chi connectivity index (χ4v) is 5.44. The summed E-state index contributed by atoms with van der Waals surface area (Å²) in [6.45, 7) is 3.73. The molecule has 0 aliphatic carbocycles. The molecule has 13 heteroatoms. The van der Waals surface area contributed by atoms with Gasteiger partial charge in [-0.2, -0.15) is 17.8 Å². The first-order valence-electron chi connectivity index (χ1n) is 10.1. The van der Waals surface area contributed by atoms with Gasteiger partial charge in [-0.3, -0.25) is 4.79 Å². The van der Waals surface area contributed by atoms with Gasteiger partial charge in [-0.15, -0.1) is 41.6 Å². The van der Waals surface area contributed by atoms with E-state index in [9.17, 15) is 18.0 Å². The Kier molecular flexibility index (Phi) is 7.69. The van der Waals surface area contributed by atoms with Crippen LogP contribution in [0.15, 0.2) is 48.0 Å². The fraction of sp³-hybridized carbons (Fsp3) is 0.450. The van der Waals surface area contributed by atoms with E-state index in [1.165, 1.54) is 6.07 Å². The maximum atomic E-state index is 13.0. The molecule has 0 aromatic carbocycles. The average molecular weight is 524 g/mol. The van der Waals surface area contributed by atoms with Crippen molar-refractivity contribution in [2.45, 2.75) is 6.18 Å². The second-order valence-corrected chi connectivity index (χ2v) is 8.94. The molecule has 0 unspecified atom stereocenters. The molecule has 0 N–H and O–H groups in total. The number of fused-ring (bicyclic) bond motifs is 1. The number of carbonyl (C=O) groups excluding carboxylic acids is 1. The molecule has 1 aromatic rings. The number of amides is 1. The monoisotopic (exact) mass is 523 g/mol. The van der Waals surface area contributed by atoms with Crippen LogP contribution >= 0.6 is 36.6 Å². The van der Waals surface area contributed by atoms with Crippen molar-refractivity contribution in [3.05, 3.63) is 53.8 Å². The van der Waals surface area contributed by atoms with Gasteiger partial charge in [0, 0.05) is 43.7 Å². The van der Waals surface area contributed by atoms with E-state index in [0.717, 1.165) is 35.6 Å². The highest BCUT2D eigenvalue weighted by atomic mass is 35.5. The molecule has 2 fully saturated rings. The van der Waals surface area contributed by atoms with E-state index in [4.69, 9.17) is 0 Å². The number of thioether (sulfide) groups is 1. The number of halogens is 5. The van der Waals surface area contributed by atoms with E-state index in [1.807, 2.05) is 28.0 Å². The van der Waals surface area contributed by atoms with Crippen molar-refractivity contribution in [3.63, 3.8) is 0 Å². The molecule has 0 radical (unpaired) electrons. The number of quaternary nitrogens is 1. The van der Waals surface area contributed by atoms with E-state index < -0.39 is 12.0 Å². The van der Waals surface area contributed by atoms with Crippen LogP contribution in [0.3, 0.4) is 0 Å². The van der Waals surface area contributed by atoms with Crippen LogP contribution in [-0.4, -0.2) is 81.3 Å². The minimum atomic E-state index is -4.56. The van der Waals surface area contributed by atoms with Crippen LogP contribution in [0, 0.1) is 0 Å². The molecular formula is C20H24Cl2F3N6OS+. The molecule has 4 aliphatic rings. The van der Waals surface area contributed by atoms with Crippen LogP contribution in [0.5, 0.6) is 0 Å². The Labute approximate surface area is 206 Å². The lowest BCUT2D eigenvalue weighted by molar-refractivity contribution is -0.948. The van der Waals surface area contributed by atoms with Crippen LogP contribution in [0.2, 0.25) is 0 Å². The SMILES string of the molecule is Cl.Cl.O=C(C1=CC2=CC=C[N@@+]2(N2CCN(c3ccnc(C(F)(F)F)n3)CC2)C1)N1CCSC1. The Bertz CT molecular complexity index is 990. The second-order valence-electron chi connectivity index (χ2n) is 7.87. The van der Waals surface area contributed by atoms with Gasteiger partial charge in [0.2, 0.25) is 5.82 Å². The zero-order valence-corrected chi connectivity index (χ0v) is 20.0. The molecule has 1 aromatic heterocycles. The van der Waals surface area contributed by atoms with Crippen molar-refractivity contribution < 1.29 is 22.6 Å². The van der Waals surface area contributed by atoms with Gasteiger partial charge in [-0.1, -0.05) is 0 Å². The van der Waals surface area contributed by atoms with Crippen molar-refractivity contribution in [2.24, 2.45) is 0 Å². The number of aromatic nitrogens is 2. The summed E-state index contributed by atoms with van der Waals surface area (Å²) in [4.78, 5) is 23.7. The summed E-state index contributed by atoms with van der Waals surface area (Å²) in [7, 11) is 0. The van der Waals surface area contributed by atoms with E-state index >= 15 is 0 Å². The number of hydrogen-bond acceptors (Lipinski definition) is 6. The predicted octanol–water partition coefficient (Wildman–Crippen LogP) is 3.08. The summed E-state index contributed by atoms with van der Waals surface area (Å²) < 4.78 is 39.3. The Hall–Kier alpha value is -1.79. The molecule has 5 heterocycles. The summed E-state index contributed by atoms with van der Waals surface area (Å²) in [6, 6.07) is 1.51. The number of alkyl halides is 3. The van der Waals surface area contributed by atoms with Gasteiger partial charge in [-0.05, 0) is 12.1 Å². The number of allylic oxidation sites excluding steroid dienone is 3. The van der Waals surface area contributed by atoms with Crippen LogP contribution in [-0.2, 0) is 11.0 Å². The highest BCUT2D eigenvalue weighted by molar-refractivity contribution is 7.99. The Morgan fingerprint density at radius 2 is 1.88 bits per heavy atom. The van der Waals surface area contributed by atoms with Crippen LogP contribution in [0.25, 0.3) is 0 Å². The van der Waals surface area contributed by atoms with Gasteiger partial charge in [0.15, 0.2) is 5.70 Å². The lowest BCUT2D eigenvalue weighted by atomic mass is 10.2. The van der Waals surface area contributed by atoms with E-state index in [1.54, 1.807) is 11.8 Å². The molecule has 0 spiro atoms. The number of nitrogens with zero attached hydrogens (tertiary/aromatic N) is 6. The summed E-state index contributed by atoms with van der Waals surface area (Å²) in [5.74, 6) is 0.988. The molecule has 5 rings (SSSR count). The normalized spacial score (nSPS) is 24.7. The Balaban J connectivity index is 0.00000153. The molecule has 33 heavy (non-hydrogen) atoms. The van der Waals surface area contributed by atoms with Crippen molar-refractivity contribution in [1.82, 2.24) is 19.9 Å². The van der Waals surface area contributed by atoms with E-state index in [0.29, 0.717) is 37.3 Å². The quantitative estimate of drug-likeness (QED) is 0.567. The number of rotatable bonds is 3. The maximum Gasteiger partial charge on any atom is 0.451 e. The van der Waals surface area contributed by atoms with Crippen molar-refractivity contribution in [2.75, 3.05) is 55.8 Å². The van der Waals surface area contributed by atoms with Crippen molar-refractivity contribution >= 4 is 48.3 Å². The summed E-state index contributed by atoms with van der Waals surface area (Å²) in [5.41, 5.74) is 1.87.